The summed E-state index contributed by atoms with van der Waals surface area (Å²) in [7, 11) is 0. The van der Waals surface area contributed by atoms with Gasteiger partial charge in [-0.05, 0) is 18.1 Å². The van der Waals surface area contributed by atoms with Crippen molar-refractivity contribution in [2.24, 2.45) is 5.92 Å². The monoisotopic (exact) mass is 310 g/mol. The Kier molecular flexibility index (Phi) is 4.90. The zero-order valence-electron chi connectivity index (χ0n) is 11.8. The first kappa shape index (κ1) is 15.4. The Hall–Kier alpha value is -1.95. The fourth-order valence-electron chi connectivity index (χ4n) is 2.04. The predicted molar refractivity (Wildman–Crippen MR) is 77.2 cm³/mol. The van der Waals surface area contributed by atoms with Gasteiger partial charge in [0.1, 0.15) is 12.4 Å². The van der Waals surface area contributed by atoms with Gasteiger partial charge in [0.2, 0.25) is 5.91 Å². The molecule has 21 heavy (non-hydrogen) atoms. The Bertz CT molecular complexity index is 615. The molecule has 0 spiro atoms. The van der Waals surface area contributed by atoms with Crippen molar-refractivity contribution < 1.29 is 9.18 Å². The number of rotatable bonds is 5. The fourth-order valence-corrected chi connectivity index (χ4v) is 2.20. The number of hydrogen-bond acceptors (Lipinski definition) is 3. The first-order chi connectivity index (χ1) is 9.97. The van der Waals surface area contributed by atoms with E-state index in [-0.39, 0.29) is 18.4 Å². The molecule has 0 saturated heterocycles. The van der Waals surface area contributed by atoms with Crippen molar-refractivity contribution in [3.63, 3.8) is 0 Å². The summed E-state index contributed by atoms with van der Waals surface area (Å²) in [6, 6.07) is 4.02. The van der Waals surface area contributed by atoms with Crippen molar-refractivity contribution in [1.29, 1.82) is 0 Å². The van der Waals surface area contributed by atoms with E-state index in [1.807, 2.05) is 13.8 Å². The molecule has 0 aliphatic heterocycles. The van der Waals surface area contributed by atoms with E-state index in [0.29, 0.717) is 10.6 Å². The average Bonchev–Trinajstić information content (AvgIpc) is 2.89. The second-order valence-electron chi connectivity index (χ2n) is 5.06. The Morgan fingerprint density at radius 1 is 1.48 bits per heavy atom. The van der Waals surface area contributed by atoms with Crippen LogP contribution in [0, 0.1) is 11.7 Å². The van der Waals surface area contributed by atoms with Crippen molar-refractivity contribution in [3.05, 3.63) is 47.0 Å². The summed E-state index contributed by atoms with van der Waals surface area (Å²) in [5.74, 6) is -0.656. The lowest BCUT2D eigenvalue weighted by Gasteiger charge is -2.23. The van der Waals surface area contributed by atoms with Crippen LogP contribution in [0.25, 0.3) is 0 Å². The molecular formula is C14H16ClFN4O. The molecule has 0 unspecified atom stereocenters. The summed E-state index contributed by atoms with van der Waals surface area (Å²) >= 11 is 5.76. The van der Waals surface area contributed by atoms with Crippen molar-refractivity contribution in [1.82, 2.24) is 20.3 Å². The molecule has 0 bridgehead atoms. The summed E-state index contributed by atoms with van der Waals surface area (Å²) in [6.45, 7) is 3.86. The number of carbonyl (C=O) groups is 1. The third-order valence-electron chi connectivity index (χ3n) is 3.06. The van der Waals surface area contributed by atoms with E-state index < -0.39 is 11.9 Å². The van der Waals surface area contributed by atoms with Gasteiger partial charge < -0.3 is 5.32 Å². The van der Waals surface area contributed by atoms with Crippen LogP contribution in [0.15, 0.2) is 30.6 Å². The number of hydrogen-bond donors (Lipinski definition) is 1. The minimum absolute atomic E-state index is 0.0281. The van der Waals surface area contributed by atoms with Crippen molar-refractivity contribution in [3.8, 4) is 0 Å². The summed E-state index contributed by atoms with van der Waals surface area (Å²) < 4.78 is 15.4. The van der Waals surface area contributed by atoms with Gasteiger partial charge in [0.15, 0.2) is 0 Å². The Morgan fingerprint density at radius 2 is 2.24 bits per heavy atom. The highest BCUT2D eigenvalue weighted by molar-refractivity contribution is 6.30. The van der Waals surface area contributed by atoms with Gasteiger partial charge in [-0.1, -0.05) is 36.7 Å². The van der Waals surface area contributed by atoms with Gasteiger partial charge >= 0.3 is 0 Å². The minimum Gasteiger partial charge on any atom is -0.347 e. The fraction of sp³-hybridized carbons (Fsp3) is 0.357. The first-order valence-electron chi connectivity index (χ1n) is 6.56. The smallest absolute Gasteiger partial charge is 0.242 e. The van der Waals surface area contributed by atoms with Crippen LogP contribution in [0.1, 0.15) is 25.5 Å². The van der Waals surface area contributed by atoms with Gasteiger partial charge in [0.05, 0.1) is 12.2 Å². The van der Waals surface area contributed by atoms with Crippen LogP contribution in [0.2, 0.25) is 5.02 Å². The standard InChI is InChI=1S/C14H16ClFN4O/c1-9(2)14(11-4-3-10(15)7-12(11)16)18-13(21)8-20-6-5-17-19-20/h3-7,9,14H,8H2,1-2H3,(H,18,21)/t14-/m0/s1. The summed E-state index contributed by atoms with van der Waals surface area (Å²) in [5, 5.41) is 10.5. The van der Waals surface area contributed by atoms with Crippen LogP contribution in [0.5, 0.6) is 0 Å². The van der Waals surface area contributed by atoms with E-state index in [1.165, 1.54) is 16.9 Å². The van der Waals surface area contributed by atoms with Gasteiger partial charge in [0.25, 0.3) is 0 Å². The van der Waals surface area contributed by atoms with Crippen LogP contribution >= 0.6 is 11.6 Å². The summed E-state index contributed by atoms with van der Waals surface area (Å²) in [6.07, 6.45) is 3.08. The molecule has 7 heteroatoms. The number of aromatic nitrogens is 3. The van der Waals surface area contributed by atoms with Crippen LogP contribution in [-0.4, -0.2) is 20.9 Å². The molecule has 0 radical (unpaired) electrons. The zero-order valence-corrected chi connectivity index (χ0v) is 12.5. The molecule has 0 aliphatic rings. The molecule has 1 amide bonds. The third kappa shape index (κ3) is 4.01. The largest absolute Gasteiger partial charge is 0.347 e. The van der Waals surface area contributed by atoms with Crippen LogP contribution in [0.3, 0.4) is 0 Å². The van der Waals surface area contributed by atoms with Crippen molar-refractivity contribution >= 4 is 17.5 Å². The normalized spacial score (nSPS) is 12.4. The second kappa shape index (κ2) is 6.67. The first-order valence-corrected chi connectivity index (χ1v) is 6.93. The lowest BCUT2D eigenvalue weighted by atomic mass is 9.95. The molecule has 2 rings (SSSR count). The molecule has 0 saturated carbocycles. The van der Waals surface area contributed by atoms with Crippen molar-refractivity contribution in [2.75, 3.05) is 0 Å². The molecule has 2 aromatic rings. The molecule has 0 fully saturated rings. The highest BCUT2D eigenvalue weighted by Gasteiger charge is 2.21. The lowest BCUT2D eigenvalue weighted by Crippen LogP contribution is -2.34. The number of nitrogens with one attached hydrogen (secondary N) is 1. The van der Waals surface area contributed by atoms with Gasteiger partial charge in [-0.3, -0.25) is 4.79 Å². The third-order valence-corrected chi connectivity index (χ3v) is 3.29. The molecular weight excluding hydrogens is 295 g/mol. The average molecular weight is 311 g/mol. The number of amides is 1. The van der Waals surface area contributed by atoms with E-state index in [1.54, 1.807) is 18.3 Å². The maximum atomic E-state index is 14.0. The van der Waals surface area contributed by atoms with Gasteiger partial charge in [-0.2, -0.15) is 0 Å². The van der Waals surface area contributed by atoms with Gasteiger partial charge in [-0.25, -0.2) is 9.07 Å². The number of carbonyl (C=O) groups excluding carboxylic acids is 1. The molecule has 0 aliphatic carbocycles. The Morgan fingerprint density at radius 3 is 2.81 bits per heavy atom. The summed E-state index contributed by atoms with van der Waals surface area (Å²) in [5.41, 5.74) is 0.418. The zero-order chi connectivity index (χ0) is 15.4. The molecule has 5 nitrogen and oxygen atoms in total. The lowest BCUT2D eigenvalue weighted by molar-refractivity contribution is -0.123. The quantitative estimate of drug-likeness (QED) is 0.923. The van der Waals surface area contributed by atoms with E-state index >= 15 is 0 Å². The van der Waals surface area contributed by atoms with E-state index in [2.05, 4.69) is 15.6 Å². The van der Waals surface area contributed by atoms with Gasteiger partial charge in [0, 0.05) is 16.8 Å². The van der Waals surface area contributed by atoms with E-state index in [0.717, 1.165) is 0 Å². The molecule has 1 aromatic carbocycles. The highest BCUT2D eigenvalue weighted by Crippen LogP contribution is 2.26. The van der Waals surface area contributed by atoms with Crippen molar-refractivity contribution in [2.45, 2.75) is 26.4 Å². The molecule has 1 heterocycles. The Balaban J connectivity index is 2.13. The number of benzene rings is 1. The minimum atomic E-state index is -0.432. The maximum Gasteiger partial charge on any atom is 0.242 e. The number of halogens is 2. The maximum absolute atomic E-state index is 14.0. The second-order valence-corrected chi connectivity index (χ2v) is 5.49. The van der Waals surface area contributed by atoms with Crippen LogP contribution in [-0.2, 0) is 11.3 Å². The van der Waals surface area contributed by atoms with E-state index in [9.17, 15) is 9.18 Å². The summed E-state index contributed by atoms with van der Waals surface area (Å²) in [4.78, 5) is 12.0. The van der Waals surface area contributed by atoms with E-state index in [4.69, 9.17) is 11.6 Å². The number of nitrogens with zero attached hydrogens (tertiary/aromatic N) is 3. The molecule has 112 valence electrons. The topological polar surface area (TPSA) is 59.8 Å². The Labute approximate surface area is 127 Å². The molecule has 1 N–H and O–H groups in total. The van der Waals surface area contributed by atoms with Crippen LogP contribution in [0.4, 0.5) is 4.39 Å². The SMILES string of the molecule is CC(C)[C@H](NC(=O)Cn1ccnn1)c1ccc(Cl)cc1F. The predicted octanol–water partition coefficient (Wildman–Crippen LogP) is 2.58. The van der Waals surface area contributed by atoms with Gasteiger partial charge in [-0.15, -0.1) is 5.10 Å². The molecule has 1 aromatic heterocycles. The van der Waals surface area contributed by atoms with Crippen LogP contribution < -0.4 is 5.32 Å². The molecule has 1 atom stereocenters. The highest BCUT2D eigenvalue weighted by atomic mass is 35.5.